The fraction of sp³-hybridized carbons (Fsp3) is 0.583. The van der Waals surface area contributed by atoms with Crippen LogP contribution in [0.5, 0.6) is 0 Å². The van der Waals surface area contributed by atoms with E-state index in [4.69, 9.17) is 0 Å². The van der Waals surface area contributed by atoms with Crippen molar-refractivity contribution in [2.45, 2.75) is 31.5 Å². The zero-order chi connectivity index (χ0) is 12.9. The van der Waals surface area contributed by atoms with Crippen molar-refractivity contribution in [3.8, 4) is 0 Å². The van der Waals surface area contributed by atoms with Crippen molar-refractivity contribution < 1.29 is 18.0 Å². The monoisotopic (exact) mass is 275 g/mol. The molecular formula is C12H12F3NOS. The Morgan fingerprint density at radius 2 is 2.11 bits per heavy atom. The Bertz CT molecular complexity index is 478. The Morgan fingerprint density at radius 3 is 2.72 bits per heavy atom. The normalized spacial score (nSPS) is 23.9. The van der Waals surface area contributed by atoms with Crippen molar-refractivity contribution in [3.05, 3.63) is 21.9 Å². The van der Waals surface area contributed by atoms with E-state index in [0.717, 1.165) is 28.2 Å². The molecule has 0 saturated heterocycles. The molecule has 2 aliphatic rings. The molecule has 2 heterocycles. The van der Waals surface area contributed by atoms with Gasteiger partial charge in [0.2, 0.25) is 0 Å². The van der Waals surface area contributed by atoms with E-state index in [0.29, 0.717) is 6.42 Å². The molecule has 1 aliphatic carbocycles. The van der Waals surface area contributed by atoms with Gasteiger partial charge in [0.15, 0.2) is 0 Å². The highest BCUT2D eigenvalue weighted by atomic mass is 32.1. The number of nitrogens with zero attached hydrogens (tertiary/aromatic N) is 1. The van der Waals surface area contributed by atoms with Crippen molar-refractivity contribution in [2.75, 3.05) is 6.54 Å². The van der Waals surface area contributed by atoms with E-state index in [1.165, 1.54) is 0 Å². The maximum Gasteiger partial charge on any atom is 0.471 e. The van der Waals surface area contributed by atoms with E-state index in [9.17, 15) is 18.0 Å². The average Bonchev–Trinajstić information content (AvgIpc) is 3.02. The molecule has 1 amide bonds. The number of thiophene rings is 1. The van der Waals surface area contributed by atoms with Gasteiger partial charge >= 0.3 is 12.1 Å². The van der Waals surface area contributed by atoms with Gasteiger partial charge in [-0.1, -0.05) is 0 Å². The Kier molecular flexibility index (Phi) is 2.66. The topological polar surface area (TPSA) is 20.3 Å². The van der Waals surface area contributed by atoms with E-state index in [1.54, 1.807) is 11.3 Å². The molecule has 0 spiro atoms. The van der Waals surface area contributed by atoms with Crippen LogP contribution in [-0.4, -0.2) is 23.5 Å². The van der Waals surface area contributed by atoms with Gasteiger partial charge in [-0.05, 0) is 42.2 Å². The van der Waals surface area contributed by atoms with E-state index < -0.39 is 12.1 Å². The van der Waals surface area contributed by atoms with Gasteiger partial charge in [-0.2, -0.15) is 13.2 Å². The third kappa shape index (κ3) is 1.92. The molecule has 98 valence electrons. The molecule has 3 rings (SSSR count). The second-order valence-corrected chi connectivity index (χ2v) is 5.83. The van der Waals surface area contributed by atoms with Gasteiger partial charge in [-0.25, -0.2) is 0 Å². The van der Waals surface area contributed by atoms with Crippen molar-refractivity contribution >= 4 is 17.2 Å². The molecule has 1 aromatic heterocycles. The van der Waals surface area contributed by atoms with Crippen molar-refractivity contribution in [1.82, 2.24) is 4.90 Å². The molecule has 1 aromatic rings. The third-order valence-electron chi connectivity index (χ3n) is 3.59. The highest BCUT2D eigenvalue weighted by Gasteiger charge is 2.49. The molecule has 1 aliphatic heterocycles. The van der Waals surface area contributed by atoms with Crippen molar-refractivity contribution in [2.24, 2.45) is 5.92 Å². The smallest absolute Gasteiger partial charge is 0.327 e. The van der Waals surface area contributed by atoms with Gasteiger partial charge in [-0.3, -0.25) is 4.79 Å². The summed E-state index contributed by atoms with van der Waals surface area (Å²) in [6.07, 6.45) is -2.39. The molecule has 1 unspecified atom stereocenters. The van der Waals surface area contributed by atoms with Crippen LogP contribution in [0.3, 0.4) is 0 Å². The number of amides is 1. The minimum Gasteiger partial charge on any atom is -0.327 e. The maximum atomic E-state index is 12.6. The lowest BCUT2D eigenvalue weighted by Crippen LogP contribution is -2.46. The molecule has 1 fully saturated rings. The van der Waals surface area contributed by atoms with Crippen LogP contribution >= 0.6 is 11.3 Å². The number of rotatable bonds is 1. The van der Waals surface area contributed by atoms with Crippen LogP contribution in [0.1, 0.15) is 29.3 Å². The van der Waals surface area contributed by atoms with Crippen LogP contribution in [0, 0.1) is 5.92 Å². The van der Waals surface area contributed by atoms with Gasteiger partial charge in [-0.15, -0.1) is 11.3 Å². The van der Waals surface area contributed by atoms with Gasteiger partial charge in [0.25, 0.3) is 0 Å². The first kappa shape index (κ1) is 12.0. The molecule has 1 atom stereocenters. The summed E-state index contributed by atoms with van der Waals surface area (Å²) in [6.45, 7) is 0.188. The molecule has 0 radical (unpaired) electrons. The van der Waals surface area contributed by atoms with E-state index in [1.807, 2.05) is 11.4 Å². The number of hydrogen-bond donors (Lipinski definition) is 0. The number of alkyl halides is 3. The van der Waals surface area contributed by atoms with Crippen LogP contribution in [0.4, 0.5) is 13.2 Å². The standard InChI is InChI=1S/C12H12F3NOS/c13-12(14,15)11(17)16-5-3-9-8(4-6-18-9)10(16)7-1-2-7/h4,6-7,10H,1-3,5H2. The Labute approximate surface area is 106 Å². The fourth-order valence-corrected chi connectivity index (χ4v) is 3.57. The fourth-order valence-electron chi connectivity index (χ4n) is 2.66. The molecule has 0 N–H and O–H groups in total. The number of carbonyl (C=O) groups excluding carboxylic acids is 1. The highest BCUT2D eigenvalue weighted by molar-refractivity contribution is 7.10. The second kappa shape index (κ2) is 3.98. The number of carbonyl (C=O) groups is 1. The predicted octanol–water partition coefficient (Wildman–Crippen LogP) is 3.15. The molecule has 6 heteroatoms. The van der Waals surface area contributed by atoms with Gasteiger partial charge < -0.3 is 4.90 Å². The van der Waals surface area contributed by atoms with Gasteiger partial charge in [0.05, 0.1) is 6.04 Å². The van der Waals surface area contributed by atoms with Crippen molar-refractivity contribution in [3.63, 3.8) is 0 Å². The first-order valence-electron chi connectivity index (χ1n) is 5.92. The second-order valence-electron chi connectivity index (χ2n) is 4.83. The summed E-state index contributed by atoms with van der Waals surface area (Å²) < 4.78 is 37.8. The first-order chi connectivity index (χ1) is 8.48. The Hall–Kier alpha value is -1.04. The summed E-state index contributed by atoms with van der Waals surface area (Å²) in [5.74, 6) is -1.47. The SMILES string of the molecule is O=C(N1CCc2sccc2C1C1CC1)C(F)(F)F. The van der Waals surface area contributed by atoms with Crippen LogP contribution in [0.15, 0.2) is 11.4 Å². The minimum atomic E-state index is -4.76. The average molecular weight is 275 g/mol. The van der Waals surface area contributed by atoms with Gasteiger partial charge in [0, 0.05) is 11.4 Å². The van der Waals surface area contributed by atoms with E-state index in [-0.39, 0.29) is 18.5 Å². The van der Waals surface area contributed by atoms with E-state index >= 15 is 0 Å². The summed E-state index contributed by atoms with van der Waals surface area (Å²) in [6, 6.07) is 1.52. The quantitative estimate of drug-likeness (QED) is 0.771. The number of hydrogen-bond acceptors (Lipinski definition) is 2. The summed E-state index contributed by atoms with van der Waals surface area (Å²) in [5, 5.41) is 1.90. The highest BCUT2D eigenvalue weighted by Crippen LogP contribution is 2.49. The molecule has 1 saturated carbocycles. The zero-order valence-electron chi connectivity index (χ0n) is 9.54. The third-order valence-corrected chi connectivity index (χ3v) is 4.58. The van der Waals surface area contributed by atoms with Crippen molar-refractivity contribution in [1.29, 1.82) is 0 Å². The van der Waals surface area contributed by atoms with Crippen LogP contribution in [0.25, 0.3) is 0 Å². The minimum absolute atomic E-state index is 0.188. The van der Waals surface area contributed by atoms with Crippen LogP contribution in [0.2, 0.25) is 0 Å². The number of fused-ring (bicyclic) bond motifs is 1. The molecular weight excluding hydrogens is 263 g/mol. The molecule has 0 aromatic carbocycles. The van der Waals surface area contributed by atoms with Crippen LogP contribution in [-0.2, 0) is 11.2 Å². The zero-order valence-corrected chi connectivity index (χ0v) is 10.4. The summed E-state index contributed by atoms with van der Waals surface area (Å²) >= 11 is 1.58. The van der Waals surface area contributed by atoms with Gasteiger partial charge in [0.1, 0.15) is 0 Å². The summed E-state index contributed by atoms with van der Waals surface area (Å²) in [4.78, 5) is 13.7. The lowest BCUT2D eigenvalue weighted by Gasteiger charge is -2.36. The summed E-state index contributed by atoms with van der Waals surface area (Å²) in [7, 11) is 0. The van der Waals surface area contributed by atoms with E-state index in [2.05, 4.69) is 0 Å². The van der Waals surface area contributed by atoms with Crippen LogP contribution < -0.4 is 0 Å². The molecule has 18 heavy (non-hydrogen) atoms. The Balaban J connectivity index is 1.94. The maximum absolute atomic E-state index is 12.6. The largest absolute Gasteiger partial charge is 0.471 e. The molecule has 2 nitrogen and oxygen atoms in total. The predicted molar refractivity (Wildman–Crippen MR) is 61.3 cm³/mol. The lowest BCUT2D eigenvalue weighted by atomic mass is 9.96. The molecule has 0 bridgehead atoms. The summed E-state index contributed by atoms with van der Waals surface area (Å²) in [5.41, 5.74) is 0.936. The lowest BCUT2D eigenvalue weighted by molar-refractivity contribution is -0.189. The Morgan fingerprint density at radius 1 is 1.39 bits per heavy atom. The first-order valence-corrected chi connectivity index (χ1v) is 6.80. The number of halogens is 3.